The summed E-state index contributed by atoms with van der Waals surface area (Å²) in [4.78, 5) is 26.9. The second-order valence-corrected chi connectivity index (χ2v) is 11.9. The van der Waals surface area contributed by atoms with Crippen molar-refractivity contribution in [2.75, 3.05) is 23.8 Å². The second-order valence-electron chi connectivity index (χ2n) is 11.9. The van der Waals surface area contributed by atoms with E-state index in [1.165, 1.54) is 96.0 Å². The van der Waals surface area contributed by atoms with Gasteiger partial charge in [-0.15, -0.1) is 0 Å². The van der Waals surface area contributed by atoms with Crippen LogP contribution in [0.15, 0.2) is 54.6 Å². The van der Waals surface area contributed by atoms with E-state index in [0.717, 1.165) is 30.5 Å². The van der Waals surface area contributed by atoms with E-state index in [4.69, 9.17) is 0 Å². The first-order valence-electron chi connectivity index (χ1n) is 16.5. The molecule has 0 fully saturated rings. The summed E-state index contributed by atoms with van der Waals surface area (Å²) in [5.41, 5.74) is 1.40. The van der Waals surface area contributed by atoms with Crippen LogP contribution in [0.25, 0.3) is 10.8 Å². The summed E-state index contributed by atoms with van der Waals surface area (Å²) in [5.74, 6) is -1.63. The van der Waals surface area contributed by atoms with Crippen molar-refractivity contribution in [3.8, 4) is 5.75 Å². The van der Waals surface area contributed by atoms with Crippen molar-refractivity contribution in [3.63, 3.8) is 0 Å². The van der Waals surface area contributed by atoms with Gasteiger partial charge in [0.25, 0.3) is 5.91 Å². The summed E-state index contributed by atoms with van der Waals surface area (Å²) >= 11 is 0. The molecular formula is C37H52N2O4. The molecule has 6 nitrogen and oxygen atoms in total. The molecule has 0 aliphatic carbocycles. The van der Waals surface area contributed by atoms with Crippen LogP contribution in [0.2, 0.25) is 0 Å². The zero-order valence-electron chi connectivity index (χ0n) is 26.4. The number of aromatic carboxylic acids is 1. The van der Waals surface area contributed by atoms with Gasteiger partial charge in [0.1, 0.15) is 5.75 Å². The van der Waals surface area contributed by atoms with E-state index >= 15 is 0 Å². The molecule has 3 rings (SSSR count). The SMILES string of the molecule is CCCCCCCCCCCCCCCCCCN(C)c1ccc(C(=O)O)cc1NC(=O)c1ccc2ccccc2c1O. The summed E-state index contributed by atoms with van der Waals surface area (Å²) in [6, 6.07) is 15.5. The Kier molecular flexibility index (Phi) is 14.9. The minimum atomic E-state index is -1.06. The molecule has 0 spiro atoms. The highest BCUT2D eigenvalue weighted by molar-refractivity contribution is 6.11. The number of rotatable bonds is 21. The number of amides is 1. The highest BCUT2D eigenvalue weighted by Crippen LogP contribution is 2.32. The molecule has 3 aromatic rings. The average molecular weight is 589 g/mol. The number of nitrogens with zero attached hydrogens (tertiary/aromatic N) is 1. The Morgan fingerprint density at radius 3 is 1.86 bits per heavy atom. The number of carbonyl (C=O) groups excluding carboxylic acids is 1. The third kappa shape index (κ3) is 11.2. The van der Waals surface area contributed by atoms with Crippen molar-refractivity contribution in [1.82, 2.24) is 0 Å². The number of carboxylic acids is 1. The highest BCUT2D eigenvalue weighted by atomic mass is 16.4. The predicted molar refractivity (Wildman–Crippen MR) is 180 cm³/mol. The zero-order valence-corrected chi connectivity index (χ0v) is 26.4. The number of hydrogen-bond acceptors (Lipinski definition) is 4. The Balaban J connectivity index is 1.41. The molecule has 0 bridgehead atoms. The lowest BCUT2D eigenvalue weighted by atomic mass is 10.0. The molecular weight excluding hydrogens is 536 g/mol. The van der Waals surface area contributed by atoms with Gasteiger partial charge in [-0.1, -0.05) is 134 Å². The van der Waals surface area contributed by atoms with Crippen LogP contribution >= 0.6 is 0 Å². The first-order chi connectivity index (χ1) is 20.9. The van der Waals surface area contributed by atoms with Crippen molar-refractivity contribution >= 4 is 34.0 Å². The number of aromatic hydroxyl groups is 1. The van der Waals surface area contributed by atoms with Crippen molar-refractivity contribution < 1.29 is 19.8 Å². The summed E-state index contributed by atoms with van der Waals surface area (Å²) in [6.45, 7) is 3.07. The molecule has 0 heterocycles. The first-order valence-corrected chi connectivity index (χ1v) is 16.5. The van der Waals surface area contributed by atoms with Crippen LogP contribution in [-0.2, 0) is 0 Å². The molecule has 0 aliphatic heterocycles. The van der Waals surface area contributed by atoms with Crippen LogP contribution in [0.5, 0.6) is 5.75 Å². The van der Waals surface area contributed by atoms with E-state index in [0.29, 0.717) is 11.1 Å². The lowest BCUT2D eigenvalue weighted by molar-refractivity contribution is 0.0696. The minimum absolute atomic E-state index is 0.0898. The number of unbranched alkanes of at least 4 members (excludes halogenated alkanes) is 15. The Bertz CT molecular complexity index is 1290. The number of benzene rings is 3. The molecule has 0 atom stereocenters. The van der Waals surface area contributed by atoms with E-state index in [9.17, 15) is 19.8 Å². The number of carbonyl (C=O) groups is 2. The second kappa shape index (κ2) is 18.9. The molecule has 0 aliphatic rings. The smallest absolute Gasteiger partial charge is 0.335 e. The fourth-order valence-electron chi connectivity index (χ4n) is 5.75. The van der Waals surface area contributed by atoms with Crippen LogP contribution in [0, 0.1) is 0 Å². The van der Waals surface area contributed by atoms with Crippen molar-refractivity contribution in [2.45, 2.75) is 110 Å². The van der Waals surface area contributed by atoms with Gasteiger partial charge in [-0.2, -0.15) is 0 Å². The molecule has 6 heteroatoms. The summed E-state index contributed by atoms with van der Waals surface area (Å²) in [7, 11) is 1.96. The molecule has 234 valence electrons. The van der Waals surface area contributed by atoms with Gasteiger partial charge < -0.3 is 20.4 Å². The molecule has 0 radical (unpaired) electrons. The van der Waals surface area contributed by atoms with E-state index in [1.807, 2.05) is 25.2 Å². The van der Waals surface area contributed by atoms with Crippen LogP contribution in [0.3, 0.4) is 0 Å². The third-order valence-electron chi connectivity index (χ3n) is 8.40. The van der Waals surface area contributed by atoms with Crippen LogP contribution < -0.4 is 10.2 Å². The van der Waals surface area contributed by atoms with Gasteiger partial charge in [-0.05, 0) is 36.1 Å². The predicted octanol–water partition coefficient (Wildman–Crippen LogP) is 10.2. The van der Waals surface area contributed by atoms with Gasteiger partial charge in [0, 0.05) is 19.0 Å². The zero-order chi connectivity index (χ0) is 30.9. The molecule has 0 saturated carbocycles. The monoisotopic (exact) mass is 588 g/mol. The Labute approximate surface area is 258 Å². The third-order valence-corrected chi connectivity index (χ3v) is 8.40. The largest absolute Gasteiger partial charge is 0.506 e. The van der Waals surface area contributed by atoms with Crippen LogP contribution in [0.1, 0.15) is 130 Å². The number of carboxylic acid groups (broad SMARTS) is 1. The highest BCUT2D eigenvalue weighted by Gasteiger charge is 2.18. The maximum Gasteiger partial charge on any atom is 0.335 e. The molecule has 43 heavy (non-hydrogen) atoms. The Morgan fingerprint density at radius 2 is 1.28 bits per heavy atom. The van der Waals surface area contributed by atoms with E-state index in [-0.39, 0.29) is 16.9 Å². The first kappa shape index (κ1) is 34.0. The summed E-state index contributed by atoms with van der Waals surface area (Å²) in [6.07, 6.45) is 21.2. The topological polar surface area (TPSA) is 89.9 Å². The number of hydrogen-bond donors (Lipinski definition) is 3. The quantitative estimate of drug-likeness (QED) is 0.108. The van der Waals surface area contributed by atoms with Gasteiger partial charge in [0.2, 0.25) is 0 Å². The van der Waals surface area contributed by atoms with Gasteiger partial charge >= 0.3 is 5.97 Å². The maximum absolute atomic E-state index is 13.2. The van der Waals surface area contributed by atoms with Gasteiger partial charge in [-0.25, -0.2) is 4.79 Å². The van der Waals surface area contributed by atoms with Crippen LogP contribution in [0.4, 0.5) is 11.4 Å². The normalized spacial score (nSPS) is 11.1. The molecule has 3 N–H and O–H groups in total. The average Bonchev–Trinajstić information content (AvgIpc) is 3.01. The van der Waals surface area contributed by atoms with Gasteiger partial charge in [0.15, 0.2) is 0 Å². The van der Waals surface area contributed by atoms with E-state index < -0.39 is 11.9 Å². The van der Waals surface area contributed by atoms with Crippen molar-refractivity contribution in [2.24, 2.45) is 0 Å². The van der Waals surface area contributed by atoms with Gasteiger partial charge in [-0.3, -0.25) is 4.79 Å². The fourth-order valence-corrected chi connectivity index (χ4v) is 5.75. The summed E-state index contributed by atoms with van der Waals surface area (Å²) < 4.78 is 0. The number of phenolic OH excluding ortho intramolecular Hbond substituents is 1. The van der Waals surface area contributed by atoms with E-state index in [1.54, 1.807) is 30.3 Å². The molecule has 3 aromatic carbocycles. The fraction of sp³-hybridized carbons (Fsp3) is 0.514. The number of phenols is 1. The lowest BCUT2D eigenvalue weighted by Gasteiger charge is -2.23. The minimum Gasteiger partial charge on any atom is -0.506 e. The van der Waals surface area contributed by atoms with Gasteiger partial charge in [0.05, 0.1) is 22.5 Å². The van der Waals surface area contributed by atoms with Crippen LogP contribution in [-0.4, -0.2) is 35.7 Å². The summed E-state index contributed by atoms with van der Waals surface area (Å²) in [5, 5.41) is 24.6. The number of fused-ring (bicyclic) bond motifs is 1. The Morgan fingerprint density at radius 1 is 0.721 bits per heavy atom. The Hall–Kier alpha value is -3.54. The molecule has 0 unspecified atom stereocenters. The van der Waals surface area contributed by atoms with Crippen molar-refractivity contribution in [3.05, 3.63) is 65.7 Å². The lowest BCUT2D eigenvalue weighted by Crippen LogP contribution is -2.22. The maximum atomic E-state index is 13.2. The molecule has 0 saturated heterocycles. The molecule has 0 aromatic heterocycles. The van der Waals surface area contributed by atoms with E-state index in [2.05, 4.69) is 17.1 Å². The number of nitrogens with one attached hydrogen (secondary N) is 1. The van der Waals surface area contributed by atoms with Crippen molar-refractivity contribution in [1.29, 1.82) is 0 Å². The standard InChI is InChI=1S/C37H52N2O4/c1-3-4-5-6-7-8-9-10-11-12-13-14-15-16-17-20-27-39(2)34-26-24-30(37(42)43)28-33(34)38-36(41)32-25-23-29-21-18-19-22-31(29)35(32)40/h18-19,21-26,28,40H,3-17,20,27H2,1-2H3,(H,38,41)(H,42,43). The molecule has 1 amide bonds. The number of anilines is 2.